The summed E-state index contributed by atoms with van der Waals surface area (Å²) in [5, 5.41) is 1.61. The molecule has 0 saturated carbocycles. The van der Waals surface area contributed by atoms with Gasteiger partial charge in [0.1, 0.15) is 0 Å². The van der Waals surface area contributed by atoms with E-state index in [-0.39, 0.29) is 30.9 Å². The highest BCUT2D eigenvalue weighted by Crippen LogP contribution is 2.26. The summed E-state index contributed by atoms with van der Waals surface area (Å²) in [5.74, 6) is 0.0339. The molecule has 0 heterocycles. The summed E-state index contributed by atoms with van der Waals surface area (Å²) in [4.78, 5) is 10.9. The number of alkyl halides is 10. The molecule has 0 aliphatic rings. The molecular formula is C38H37Cl4F9O. The molecule has 0 fully saturated rings. The first kappa shape index (κ1) is 47.1. The standard InChI is InChI=1S/3C10H10ClF3.C8H7ClO/c3*11-9-6-2-1-4-8(9)5-3-7-10(12,13)14;9-6-8(10)7-4-2-1-3-5-7/h3*1-2,4,6H,3,5,7H2;1-5H,6H2. The molecule has 286 valence electrons. The monoisotopic (exact) mass is 820 g/mol. The van der Waals surface area contributed by atoms with Gasteiger partial charge in [-0.15, -0.1) is 11.6 Å². The van der Waals surface area contributed by atoms with Crippen molar-refractivity contribution in [3.05, 3.63) is 140 Å². The number of rotatable bonds is 11. The Bertz CT molecular complexity index is 1430. The third kappa shape index (κ3) is 23.6. The molecule has 0 aliphatic heterocycles. The summed E-state index contributed by atoms with van der Waals surface area (Å²) in [6, 6.07) is 29.9. The highest BCUT2D eigenvalue weighted by atomic mass is 35.5. The van der Waals surface area contributed by atoms with E-state index in [1.165, 1.54) is 0 Å². The van der Waals surface area contributed by atoms with E-state index >= 15 is 0 Å². The lowest BCUT2D eigenvalue weighted by Gasteiger charge is -2.06. The van der Waals surface area contributed by atoms with E-state index in [9.17, 15) is 44.3 Å². The highest BCUT2D eigenvalue weighted by molar-refractivity contribution is 6.32. The zero-order valence-electron chi connectivity index (χ0n) is 27.7. The van der Waals surface area contributed by atoms with Crippen LogP contribution in [0.15, 0.2) is 103 Å². The van der Waals surface area contributed by atoms with Gasteiger partial charge in [-0.2, -0.15) is 39.5 Å². The largest absolute Gasteiger partial charge is 0.389 e. The van der Waals surface area contributed by atoms with Gasteiger partial charge in [0.25, 0.3) is 0 Å². The number of benzene rings is 4. The molecule has 4 rings (SSSR count). The van der Waals surface area contributed by atoms with Gasteiger partial charge in [-0.25, -0.2) is 0 Å². The quantitative estimate of drug-likeness (QED) is 0.0837. The first-order valence-electron chi connectivity index (χ1n) is 15.9. The molecule has 0 atom stereocenters. The van der Waals surface area contributed by atoms with Gasteiger partial charge in [0.2, 0.25) is 0 Å². The number of carbonyl (C=O) groups is 1. The minimum Gasteiger partial charge on any atom is -0.293 e. The Morgan fingerprint density at radius 2 is 0.712 bits per heavy atom. The summed E-state index contributed by atoms with van der Waals surface area (Å²) in [6.45, 7) is 0. The molecule has 0 spiro atoms. The Hall–Kier alpha value is -2.92. The Morgan fingerprint density at radius 3 is 0.962 bits per heavy atom. The van der Waals surface area contributed by atoms with Crippen molar-refractivity contribution in [3.63, 3.8) is 0 Å². The topological polar surface area (TPSA) is 17.1 Å². The van der Waals surface area contributed by atoms with Gasteiger partial charge >= 0.3 is 18.5 Å². The zero-order valence-corrected chi connectivity index (χ0v) is 30.7. The molecular weight excluding hydrogens is 785 g/mol. The van der Waals surface area contributed by atoms with Crippen LogP contribution in [0.1, 0.15) is 65.6 Å². The maximum Gasteiger partial charge on any atom is 0.389 e. The van der Waals surface area contributed by atoms with Crippen LogP contribution >= 0.6 is 46.4 Å². The first-order valence-corrected chi connectivity index (χ1v) is 17.5. The van der Waals surface area contributed by atoms with Crippen molar-refractivity contribution in [1.82, 2.24) is 0 Å². The van der Waals surface area contributed by atoms with Crippen molar-refractivity contribution >= 4 is 52.2 Å². The molecule has 52 heavy (non-hydrogen) atoms. The third-order valence-corrected chi connectivity index (χ3v) is 8.16. The lowest BCUT2D eigenvalue weighted by atomic mass is 10.1. The average Bonchev–Trinajstić information content (AvgIpc) is 3.07. The molecule has 0 N–H and O–H groups in total. The van der Waals surface area contributed by atoms with Gasteiger partial charge in [-0.05, 0) is 73.4 Å². The fourth-order valence-corrected chi connectivity index (χ4v) is 5.09. The maximum atomic E-state index is 11.8. The summed E-state index contributed by atoms with van der Waals surface area (Å²) in [6.07, 6.45) is -13.1. The van der Waals surface area contributed by atoms with Crippen molar-refractivity contribution < 1.29 is 44.3 Å². The molecule has 0 bridgehead atoms. The maximum absolute atomic E-state index is 11.8. The summed E-state index contributed by atoms with van der Waals surface area (Å²) >= 11 is 22.7. The fourth-order valence-electron chi connectivity index (χ4n) is 4.24. The van der Waals surface area contributed by atoms with E-state index in [1.807, 2.05) is 18.2 Å². The van der Waals surface area contributed by atoms with Crippen LogP contribution in [-0.2, 0) is 19.3 Å². The van der Waals surface area contributed by atoms with Gasteiger partial charge in [0.05, 0.1) is 5.88 Å². The summed E-state index contributed by atoms with van der Waals surface area (Å²) in [5.41, 5.74) is 3.01. The Morgan fingerprint density at radius 1 is 0.442 bits per heavy atom. The normalized spacial score (nSPS) is 11.2. The second-order valence-electron chi connectivity index (χ2n) is 11.1. The smallest absolute Gasteiger partial charge is 0.293 e. The average molecular weight is 823 g/mol. The van der Waals surface area contributed by atoms with Crippen molar-refractivity contribution in [2.24, 2.45) is 0 Å². The molecule has 0 aromatic heterocycles. The Labute approximate surface area is 318 Å². The van der Waals surface area contributed by atoms with Gasteiger partial charge in [-0.1, -0.05) is 120 Å². The summed E-state index contributed by atoms with van der Waals surface area (Å²) < 4.78 is 106. The molecule has 14 heteroatoms. The molecule has 0 amide bonds. The van der Waals surface area contributed by atoms with Crippen molar-refractivity contribution in [2.45, 2.75) is 76.3 Å². The van der Waals surface area contributed by atoms with E-state index in [2.05, 4.69) is 0 Å². The van der Waals surface area contributed by atoms with Crippen LogP contribution in [0.5, 0.6) is 0 Å². The molecule has 4 aromatic carbocycles. The Balaban J connectivity index is 0.000000349. The molecule has 0 aliphatic carbocycles. The van der Waals surface area contributed by atoms with Crippen molar-refractivity contribution in [3.8, 4) is 0 Å². The number of hydrogen-bond acceptors (Lipinski definition) is 1. The lowest BCUT2D eigenvalue weighted by Crippen LogP contribution is -2.07. The van der Waals surface area contributed by atoms with Crippen LogP contribution < -0.4 is 0 Å². The first-order chi connectivity index (χ1) is 24.3. The number of hydrogen-bond donors (Lipinski definition) is 0. The minimum atomic E-state index is -4.07. The van der Waals surface area contributed by atoms with Crippen molar-refractivity contribution in [2.75, 3.05) is 5.88 Å². The van der Waals surface area contributed by atoms with Gasteiger partial charge in [-0.3, -0.25) is 4.79 Å². The second-order valence-corrected chi connectivity index (χ2v) is 12.6. The number of ketones is 1. The van der Waals surface area contributed by atoms with Crippen LogP contribution in [0.3, 0.4) is 0 Å². The SMILES string of the molecule is FC(F)(F)CCCc1ccccc1Cl.FC(F)(F)CCCc1ccccc1Cl.FC(F)(F)CCCc1ccccc1Cl.O=C(CCl)c1ccccc1. The molecule has 0 unspecified atom stereocenters. The number of Topliss-reactive ketones (excluding diaryl/α,β-unsaturated/α-hetero) is 1. The third-order valence-electron chi connectivity index (χ3n) is 6.81. The predicted molar refractivity (Wildman–Crippen MR) is 193 cm³/mol. The van der Waals surface area contributed by atoms with Crippen LogP contribution in [0.2, 0.25) is 15.1 Å². The van der Waals surface area contributed by atoms with Crippen LogP contribution in [0.25, 0.3) is 0 Å². The van der Waals surface area contributed by atoms with E-state index in [4.69, 9.17) is 46.4 Å². The Kier molecular flexibility index (Phi) is 22.1. The predicted octanol–water partition coefficient (Wildman–Crippen LogP) is 14.8. The molecule has 4 aromatic rings. The van der Waals surface area contributed by atoms with Crippen LogP contribution in [0, 0.1) is 0 Å². The highest BCUT2D eigenvalue weighted by Gasteiger charge is 2.27. The van der Waals surface area contributed by atoms with E-state index in [0.29, 0.717) is 39.9 Å². The number of aryl methyl sites for hydroxylation is 3. The number of halogens is 13. The summed E-state index contributed by atoms with van der Waals surface area (Å²) in [7, 11) is 0. The fraction of sp³-hybridized carbons (Fsp3) is 0.342. The molecule has 1 nitrogen and oxygen atoms in total. The minimum absolute atomic E-state index is 0.0257. The van der Waals surface area contributed by atoms with Crippen LogP contribution in [-0.4, -0.2) is 30.2 Å². The molecule has 0 saturated heterocycles. The zero-order chi connectivity index (χ0) is 39.2. The van der Waals surface area contributed by atoms with Crippen molar-refractivity contribution in [1.29, 1.82) is 0 Å². The van der Waals surface area contributed by atoms with Gasteiger partial charge < -0.3 is 0 Å². The molecule has 0 radical (unpaired) electrons. The van der Waals surface area contributed by atoms with Gasteiger partial charge in [0, 0.05) is 39.9 Å². The van der Waals surface area contributed by atoms with E-state index in [1.54, 1.807) is 84.9 Å². The lowest BCUT2D eigenvalue weighted by molar-refractivity contribution is -0.136. The van der Waals surface area contributed by atoms with E-state index < -0.39 is 37.8 Å². The van der Waals surface area contributed by atoms with Gasteiger partial charge in [0.15, 0.2) is 5.78 Å². The van der Waals surface area contributed by atoms with E-state index in [0.717, 1.165) is 16.7 Å². The van der Waals surface area contributed by atoms with Crippen LogP contribution in [0.4, 0.5) is 39.5 Å². The number of carbonyl (C=O) groups excluding carboxylic acids is 1. The second kappa shape index (κ2) is 24.4.